The monoisotopic (exact) mass is 356 g/mol. The van der Waals surface area contributed by atoms with Crippen LogP contribution in [0.1, 0.15) is 23.6 Å². The normalized spacial score (nSPS) is 13.0. The second-order valence-electron chi connectivity index (χ2n) is 5.18. The zero-order valence-electron chi connectivity index (χ0n) is 12.9. The van der Waals surface area contributed by atoms with Crippen LogP contribution in [0.5, 0.6) is 0 Å². The molecule has 24 heavy (non-hydrogen) atoms. The van der Waals surface area contributed by atoms with Crippen molar-refractivity contribution in [3.63, 3.8) is 0 Å². The van der Waals surface area contributed by atoms with Crippen LogP contribution >= 0.6 is 0 Å². The summed E-state index contributed by atoms with van der Waals surface area (Å²) in [7, 11) is -3.88. The molecule has 0 unspecified atom stereocenters. The van der Waals surface area contributed by atoms with Gasteiger partial charge in [0.05, 0.1) is 16.2 Å². The van der Waals surface area contributed by atoms with E-state index in [4.69, 9.17) is 0 Å². The molecular formula is C16H15F3N2O2S. The zero-order chi connectivity index (χ0) is 18.0. The lowest BCUT2D eigenvalue weighted by Crippen LogP contribution is -2.20. The first-order chi connectivity index (χ1) is 11.1. The Kier molecular flexibility index (Phi) is 4.98. The standard InChI is InChI=1S/C16H15F3N2O2S/c1-11-6-8-15(9-7-11)24(22,23)21-20-12(2)13-4-3-5-14(10-13)16(17,18)19/h3-10,21H,1-2H3. The smallest absolute Gasteiger partial charge is 0.200 e. The molecule has 0 aromatic heterocycles. The van der Waals surface area contributed by atoms with Crippen LogP contribution in [0.25, 0.3) is 0 Å². The Morgan fingerprint density at radius 2 is 1.71 bits per heavy atom. The molecule has 1 N–H and O–H groups in total. The van der Waals surface area contributed by atoms with Crippen LogP contribution in [0.2, 0.25) is 0 Å². The van der Waals surface area contributed by atoms with Gasteiger partial charge in [0.25, 0.3) is 10.0 Å². The number of hydrogen-bond acceptors (Lipinski definition) is 3. The topological polar surface area (TPSA) is 58.5 Å². The molecule has 0 fully saturated rings. The van der Waals surface area contributed by atoms with Crippen LogP contribution in [-0.2, 0) is 16.2 Å². The summed E-state index contributed by atoms with van der Waals surface area (Å²) < 4.78 is 62.3. The fourth-order valence-electron chi connectivity index (χ4n) is 1.88. The minimum absolute atomic E-state index is 0.0219. The summed E-state index contributed by atoms with van der Waals surface area (Å²) in [6.07, 6.45) is -4.47. The number of aryl methyl sites for hydroxylation is 1. The fraction of sp³-hybridized carbons (Fsp3) is 0.188. The number of hydrazone groups is 1. The van der Waals surface area contributed by atoms with E-state index in [1.165, 1.54) is 31.2 Å². The summed E-state index contributed by atoms with van der Waals surface area (Å²) in [6, 6.07) is 10.6. The fourth-order valence-corrected chi connectivity index (χ4v) is 2.74. The highest BCUT2D eigenvalue weighted by molar-refractivity contribution is 7.89. The minimum Gasteiger partial charge on any atom is -0.200 e. The number of hydrogen-bond donors (Lipinski definition) is 1. The highest BCUT2D eigenvalue weighted by Crippen LogP contribution is 2.29. The molecule has 2 rings (SSSR count). The molecule has 0 aliphatic heterocycles. The SMILES string of the molecule is CC(=NNS(=O)(=O)c1ccc(C)cc1)c1cccc(C(F)(F)F)c1. The molecule has 0 aliphatic carbocycles. The largest absolute Gasteiger partial charge is 0.416 e. The van der Waals surface area contributed by atoms with Gasteiger partial charge in [-0.05, 0) is 43.7 Å². The summed E-state index contributed by atoms with van der Waals surface area (Å²) in [6.45, 7) is 3.24. The van der Waals surface area contributed by atoms with E-state index in [1.807, 2.05) is 11.8 Å². The maximum absolute atomic E-state index is 12.7. The lowest BCUT2D eigenvalue weighted by Gasteiger charge is -2.09. The van der Waals surface area contributed by atoms with E-state index < -0.39 is 21.8 Å². The zero-order valence-corrected chi connectivity index (χ0v) is 13.7. The second-order valence-corrected chi connectivity index (χ2v) is 6.84. The maximum Gasteiger partial charge on any atom is 0.416 e. The van der Waals surface area contributed by atoms with Crippen LogP contribution < -0.4 is 4.83 Å². The van der Waals surface area contributed by atoms with Crippen molar-refractivity contribution in [3.8, 4) is 0 Å². The Bertz CT molecular complexity index is 858. The molecule has 0 saturated carbocycles. The van der Waals surface area contributed by atoms with Gasteiger partial charge in [-0.2, -0.15) is 31.5 Å². The molecule has 4 nitrogen and oxygen atoms in total. The van der Waals surface area contributed by atoms with E-state index in [0.29, 0.717) is 0 Å². The van der Waals surface area contributed by atoms with E-state index in [1.54, 1.807) is 12.1 Å². The van der Waals surface area contributed by atoms with Crippen LogP contribution in [0.3, 0.4) is 0 Å². The number of nitrogens with one attached hydrogen (secondary N) is 1. The molecule has 0 radical (unpaired) electrons. The van der Waals surface area contributed by atoms with Gasteiger partial charge in [0.2, 0.25) is 0 Å². The number of sulfonamides is 1. The Hall–Kier alpha value is -2.35. The summed E-state index contributed by atoms with van der Waals surface area (Å²) in [5.74, 6) is 0. The second kappa shape index (κ2) is 6.64. The number of nitrogens with zero attached hydrogens (tertiary/aromatic N) is 1. The van der Waals surface area contributed by atoms with Gasteiger partial charge in [0.1, 0.15) is 0 Å². The third-order valence-electron chi connectivity index (χ3n) is 3.27. The third kappa shape index (κ3) is 4.35. The summed E-state index contributed by atoms with van der Waals surface area (Å²) >= 11 is 0. The molecule has 0 spiro atoms. The molecule has 8 heteroatoms. The predicted octanol–water partition coefficient (Wildman–Crippen LogP) is 3.72. The molecule has 2 aromatic carbocycles. The average Bonchev–Trinajstić information content (AvgIpc) is 2.52. The van der Waals surface area contributed by atoms with Gasteiger partial charge in [-0.25, -0.2) is 0 Å². The number of rotatable bonds is 4. The summed E-state index contributed by atoms with van der Waals surface area (Å²) in [5.41, 5.74) is 0.377. The Morgan fingerprint density at radius 1 is 1.08 bits per heavy atom. The molecule has 0 bridgehead atoms. The molecule has 0 atom stereocenters. The van der Waals surface area contributed by atoms with Crippen molar-refractivity contribution in [1.29, 1.82) is 0 Å². The van der Waals surface area contributed by atoms with Crippen molar-refractivity contribution in [2.45, 2.75) is 24.9 Å². The van der Waals surface area contributed by atoms with E-state index >= 15 is 0 Å². The van der Waals surface area contributed by atoms with Crippen molar-refractivity contribution in [3.05, 3.63) is 65.2 Å². The van der Waals surface area contributed by atoms with Crippen LogP contribution in [0.15, 0.2) is 58.5 Å². The first-order valence-electron chi connectivity index (χ1n) is 6.90. The lowest BCUT2D eigenvalue weighted by molar-refractivity contribution is -0.137. The Labute approximate surface area is 138 Å². The van der Waals surface area contributed by atoms with Gasteiger partial charge in [0, 0.05) is 0 Å². The molecular weight excluding hydrogens is 341 g/mol. The summed E-state index contributed by atoms with van der Waals surface area (Å²) in [5, 5.41) is 3.70. The van der Waals surface area contributed by atoms with Crippen molar-refractivity contribution < 1.29 is 21.6 Å². The highest BCUT2D eigenvalue weighted by Gasteiger charge is 2.30. The summed E-state index contributed by atoms with van der Waals surface area (Å²) in [4.78, 5) is 2.05. The van der Waals surface area contributed by atoms with E-state index in [0.717, 1.165) is 17.7 Å². The number of halogens is 3. The Balaban J connectivity index is 2.24. The highest BCUT2D eigenvalue weighted by atomic mass is 32.2. The van der Waals surface area contributed by atoms with E-state index in [9.17, 15) is 21.6 Å². The third-order valence-corrected chi connectivity index (χ3v) is 4.50. The lowest BCUT2D eigenvalue weighted by atomic mass is 10.1. The quantitative estimate of drug-likeness (QED) is 0.671. The van der Waals surface area contributed by atoms with E-state index in [2.05, 4.69) is 5.10 Å². The maximum atomic E-state index is 12.7. The van der Waals surface area contributed by atoms with Gasteiger partial charge < -0.3 is 0 Å². The van der Waals surface area contributed by atoms with Crippen molar-refractivity contribution in [2.75, 3.05) is 0 Å². The molecule has 0 heterocycles. The molecule has 128 valence electrons. The average molecular weight is 356 g/mol. The van der Waals surface area contributed by atoms with Gasteiger partial charge >= 0.3 is 6.18 Å². The molecule has 2 aromatic rings. The van der Waals surface area contributed by atoms with Gasteiger partial charge in [-0.15, -0.1) is 0 Å². The first kappa shape index (κ1) is 18.0. The van der Waals surface area contributed by atoms with Crippen LogP contribution in [0.4, 0.5) is 13.2 Å². The Morgan fingerprint density at radius 3 is 2.29 bits per heavy atom. The molecule has 0 saturated heterocycles. The van der Waals surface area contributed by atoms with Crippen LogP contribution in [0, 0.1) is 6.92 Å². The van der Waals surface area contributed by atoms with Crippen molar-refractivity contribution in [2.24, 2.45) is 5.10 Å². The van der Waals surface area contributed by atoms with Crippen LogP contribution in [-0.4, -0.2) is 14.1 Å². The van der Waals surface area contributed by atoms with Gasteiger partial charge in [0.15, 0.2) is 0 Å². The predicted molar refractivity (Wildman–Crippen MR) is 85.2 cm³/mol. The molecule has 0 aliphatic rings. The van der Waals surface area contributed by atoms with Crippen molar-refractivity contribution in [1.82, 2.24) is 4.83 Å². The first-order valence-corrected chi connectivity index (χ1v) is 8.38. The van der Waals surface area contributed by atoms with Gasteiger partial charge in [-0.1, -0.05) is 29.8 Å². The minimum atomic E-state index is -4.47. The van der Waals surface area contributed by atoms with Gasteiger partial charge in [-0.3, -0.25) is 0 Å². The number of alkyl halides is 3. The van der Waals surface area contributed by atoms with E-state index in [-0.39, 0.29) is 16.2 Å². The molecule has 0 amide bonds. The number of benzene rings is 2. The van der Waals surface area contributed by atoms with Crippen molar-refractivity contribution >= 4 is 15.7 Å².